The Morgan fingerprint density at radius 3 is 1.00 bits per heavy atom. The van der Waals surface area contributed by atoms with Crippen LogP contribution in [0.5, 0.6) is 0 Å². The molecule has 1 rings (SSSR count). The molecule has 0 aliphatic carbocycles. The van der Waals surface area contributed by atoms with Gasteiger partial charge in [0.15, 0.2) is 12.4 Å². The van der Waals surface area contributed by atoms with E-state index in [0.29, 0.717) is 0 Å². The third-order valence-electron chi connectivity index (χ3n) is 8.96. The first-order valence-electron chi connectivity index (χ1n) is 18.3. The first-order chi connectivity index (χ1) is 19.4. The predicted molar refractivity (Wildman–Crippen MR) is 178 cm³/mol. The Bertz CT molecular complexity index is 484. The summed E-state index contributed by atoms with van der Waals surface area (Å²) in [6, 6.07) is 0. The molecule has 0 spiro atoms. The normalized spacial score (nSPS) is 12.9. The molecule has 0 amide bonds. The van der Waals surface area contributed by atoms with E-state index in [-0.39, 0.29) is 0 Å². The zero-order valence-corrected chi connectivity index (χ0v) is 27.0. The van der Waals surface area contributed by atoms with Crippen LogP contribution < -0.4 is 0 Å². The van der Waals surface area contributed by atoms with Crippen molar-refractivity contribution in [3.8, 4) is 0 Å². The van der Waals surface area contributed by atoms with Crippen molar-refractivity contribution in [3.05, 3.63) is 6.17 Å². The minimum absolute atomic E-state index is 0.931. The lowest BCUT2D eigenvalue weighted by atomic mass is 9.89. The third-order valence-corrected chi connectivity index (χ3v) is 8.96. The Balaban J connectivity index is 2.01. The maximum Gasteiger partial charge on any atom is 0.240 e. The van der Waals surface area contributed by atoms with Gasteiger partial charge in [-0.25, -0.2) is 0 Å². The van der Waals surface area contributed by atoms with Crippen LogP contribution in [-0.2, 0) is 0 Å². The summed E-state index contributed by atoms with van der Waals surface area (Å²) < 4.78 is 0. The molecule has 1 aliphatic rings. The quantitative estimate of drug-likeness (QED) is 0.0595. The van der Waals surface area contributed by atoms with Crippen molar-refractivity contribution >= 4 is 12.4 Å². The molecule has 0 bridgehead atoms. The Kier molecular flexibility index (Phi) is 28.0. The molecule has 0 aromatic carbocycles. The number of unbranched alkanes of at least 4 members (excludes halogenated alkanes) is 24. The largest absolute Gasteiger partial charge is 0.240 e. The first kappa shape index (κ1) is 36.2. The fourth-order valence-corrected chi connectivity index (χ4v) is 6.28. The summed E-state index contributed by atoms with van der Waals surface area (Å²) in [6.07, 6.45) is 49.2. The summed E-state index contributed by atoms with van der Waals surface area (Å²) in [4.78, 5) is 8.76. The highest BCUT2D eigenvalue weighted by Gasteiger charge is 2.17. The molecule has 228 valence electrons. The minimum atomic E-state index is 0.931. The summed E-state index contributed by atoms with van der Waals surface area (Å²) in [7, 11) is 0. The Morgan fingerprint density at radius 1 is 0.385 bits per heavy atom. The van der Waals surface area contributed by atoms with E-state index in [1.807, 2.05) is 12.4 Å². The van der Waals surface area contributed by atoms with Crippen LogP contribution >= 0.6 is 0 Å². The molecule has 0 saturated carbocycles. The zero-order chi connectivity index (χ0) is 27.9. The predicted octanol–water partition coefficient (Wildman–Crippen LogP) is 13.4. The van der Waals surface area contributed by atoms with Crippen molar-refractivity contribution in [2.24, 2.45) is 15.9 Å². The van der Waals surface area contributed by atoms with Crippen molar-refractivity contribution in [2.45, 2.75) is 213 Å². The van der Waals surface area contributed by atoms with Gasteiger partial charge in [0.25, 0.3) is 0 Å². The molecule has 1 aliphatic heterocycles. The summed E-state index contributed by atoms with van der Waals surface area (Å²) in [5.74, 6) is 0.931. The molecule has 0 aromatic rings. The van der Waals surface area contributed by atoms with Crippen LogP contribution in [0.2, 0.25) is 0 Å². The van der Waals surface area contributed by atoms with Crippen LogP contribution in [0.3, 0.4) is 0 Å². The minimum Gasteiger partial charge on any atom is -0.0968 e. The van der Waals surface area contributed by atoms with E-state index in [4.69, 9.17) is 0 Å². The van der Waals surface area contributed by atoms with Crippen molar-refractivity contribution in [1.82, 2.24) is 0 Å². The molecule has 2 nitrogen and oxygen atoms in total. The van der Waals surface area contributed by atoms with Gasteiger partial charge < -0.3 is 0 Å². The third kappa shape index (κ3) is 25.9. The van der Waals surface area contributed by atoms with E-state index in [1.165, 1.54) is 193 Å². The molecule has 0 saturated heterocycles. The lowest BCUT2D eigenvalue weighted by molar-refractivity contribution is 0.369. The highest BCUT2D eigenvalue weighted by Crippen LogP contribution is 2.26. The second-order valence-electron chi connectivity index (χ2n) is 12.8. The van der Waals surface area contributed by atoms with Crippen molar-refractivity contribution < 1.29 is 0 Å². The fraction of sp³-hybridized carbons (Fsp3) is 0.919. The van der Waals surface area contributed by atoms with E-state index in [9.17, 15) is 0 Å². The fourth-order valence-electron chi connectivity index (χ4n) is 6.28. The van der Waals surface area contributed by atoms with Crippen LogP contribution in [0.1, 0.15) is 213 Å². The summed E-state index contributed by atoms with van der Waals surface area (Å²) in [5, 5.41) is 0. The number of aliphatic imine (C=N–C) groups is 2. The van der Waals surface area contributed by atoms with Gasteiger partial charge in [-0.3, -0.25) is 0 Å². The molecular weight excluding hydrogens is 472 g/mol. The smallest absolute Gasteiger partial charge is 0.0968 e. The number of rotatable bonds is 32. The van der Waals surface area contributed by atoms with Crippen LogP contribution in [0, 0.1) is 12.1 Å². The van der Waals surface area contributed by atoms with Gasteiger partial charge in [0.2, 0.25) is 6.17 Å². The van der Waals surface area contributed by atoms with Crippen LogP contribution in [0.15, 0.2) is 9.98 Å². The molecule has 0 aromatic heterocycles. The van der Waals surface area contributed by atoms with Crippen molar-refractivity contribution in [1.29, 1.82) is 0 Å². The topological polar surface area (TPSA) is 24.7 Å². The number of hydrogen-bond donors (Lipinski definition) is 0. The van der Waals surface area contributed by atoms with Gasteiger partial charge in [0.1, 0.15) is 0 Å². The lowest BCUT2D eigenvalue weighted by Crippen LogP contribution is -2.02. The van der Waals surface area contributed by atoms with Crippen LogP contribution in [-0.4, -0.2) is 12.4 Å². The van der Waals surface area contributed by atoms with Gasteiger partial charge in [0, 0.05) is 0 Å². The molecule has 0 unspecified atom stereocenters. The monoisotopic (exact) mass is 544 g/mol. The average molecular weight is 544 g/mol. The molecule has 0 fully saturated rings. The van der Waals surface area contributed by atoms with Gasteiger partial charge in [-0.2, -0.15) is 0 Å². The Morgan fingerprint density at radius 2 is 0.667 bits per heavy atom. The average Bonchev–Trinajstić information content (AvgIpc) is 3.47. The second kappa shape index (κ2) is 30.2. The summed E-state index contributed by atoms with van der Waals surface area (Å²) in [5.41, 5.74) is 0. The maximum absolute atomic E-state index is 4.38. The zero-order valence-electron chi connectivity index (χ0n) is 27.0. The molecule has 2 heteroatoms. The van der Waals surface area contributed by atoms with Crippen molar-refractivity contribution in [3.63, 3.8) is 0 Å². The van der Waals surface area contributed by atoms with E-state index in [2.05, 4.69) is 23.8 Å². The van der Waals surface area contributed by atoms with Gasteiger partial charge >= 0.3 is 0 Å². The number of hydrogen-bond acceptors (Lipinski definition) is 2. The molecular formula is C37H71N2+. The standard InChI is InChI=1S/C37H71N2/c1-3-5-7-9-11-13-15-17-19-21-23-25-27-30-36(32-29-33-37-38-34-35-39-37)31-28-26-24-22-20-18-16-14-12-10-8-6-4-2/h34-36H,3-33H2,1-2H3/q+1. The lowest BCUT2D eigenvalue weighted by Gasteiger charge is -2.17. The SMILES string of the molecule is CCCCCCCCCCCCCCCC(CCCCCCCCCCCCCCC)CCC[C+]1N=CC=N1. The first-order valence-corrected chi connectivity index (χ1v) is 18.3. The summed E-state index contributed by atoms with van der Waals surface area (Å²) in [6.45, 7) is 4.62. The van der Waals surface area contributed by atoms with E-state index in [0.717, 1.165) is 18.5 Å². The van der Waals surface area contributed by atoms with E-state index < -0.39 is 0 Å². The van der Waals surface area contributed by atoms with Gasteiger partial charge in [-0.15, -0.1) is 0 Å². The van der Waals surface area contributed by atoms with Gasteiger partial charge in [0.05, 0.1) is 6.42 Å². The highest BCUT2D eigenvalue weighted by molar-refractivity contribution is 6.18. The second-order valence-corrected chi connectivity index (χ2v) is 12.8. The van der Waals surface area contributed by atoms with Crippen molar-refractivity contribution in [2.75, 3.05) is 0 Å². The van der Waals surface area contributed by atoms with Gasteiger partial charge in [-0.1, -0.05) is 204 Å². The van der Waals surface area contributed by atoms with Crippen LogP contribution in [0.4, 0.5) is 0 Å². The molecule has 0 radical (unpaired) electrons. The Labute approximate surface area is 247 Å². The summed E-state index contributed by atoms with van der Waals surface area (Å²) >= 11 is 0. The van der Waals surface area contributed by atoms with E-state index >= 15 is 0 Å². The molecule has 1 heterocycles. The molecule has 0 N–H and O–H groups in total. The number of nitrogens with zero attached hydrogens (tertiary/aromatic N) is 2. The molecule has 0 atom stereocenters. The van der Waals surface area contributed by atoms with Gasteiger partial charge in [-0.05, 0) is 18.8 Å². The Hall–Kier alpha value is -0.790. The highest BCUT2D eigenvalue weighted by atomic mass is 15.0. The maximum atomic E-state index is 4.38. The van der Waals surface area contributed by atoms with Crippen LogP contribution in [0.25, 0.3) is 0 Å². The van der Waals surface area contributed by atoms with E-state index in [1.54, 1.807) is 0 Å². The molecule has 39 heavy (non-hydrogen) atoms.